The smallest absolute Gasteiger partial charge is 0.160 e. The third-order valence-corrected chi connectivity index (χ3v) is 10.5. The van der Waals surface area contributed by atoms with Gasteiger partial charge < -0.3 is 0 Å². The molecular formula is C47H31N3. The fraction of sp³-hybridized carbons (Fsp3) is 0.0426. The molecule has 2 aliphatic carbocycles. The number of aromatic nitrogens is 3. The van der Waals surface area contributed by atoms with Crippen molar-refractivity contribution in [1.82, 2.24) is 15.0 Å². The van der Waals surface area contributed by atoms with E-state index in [1.54, 1.807) is 0 Å². The fourth-order valence-electron chi connectivity index (χ4n) is 8.31. The summed E-state index contributed by atoms with van der Waals surface area (Å²) in [6, 6.07) is 57.3. The number of rotatable bonds is 3. The topological polar surface area (TPSA) is 38.7 Å². The molecule has 0 radical (unpaired) electrons. The second kappa shape index (κ2) is 11.0. The SMILES string of the molecule is Cc1ccc(-c2cc(-c3ccncc3)nc(-c3ccc4c(c3)C3(c5ccccc5-c5ccccc5-4)c4ccccc4-c4ccccc43)n2)cc1. The van der Waals surface area contributed by atoms with Gasteiger partial charge in [-0.15, -0.1) is 0 Å². The largest absolute Gasteiger partial charge is 0.265 e. The van der Waals surface area contributed by atoms with Crippen LogP contribution in [0.1, 0.15) is 27.8 Å². The minimum Gasteiger partial charge on any atom is -0.265 e. The Morgan fingerprint density at radius 3 is 1.38 bits per heavy atom. The van der Waals surface area contributed by atoms with Gasteiger partial charge in [0.15, 0.2) is 5.82 Å². The van der Waals surface area contributed by atoms with Crippen LogP contribution < -0.4 is 0 Å². The third kappa shape index (κ3) is 4.13. The minimum absolute atomic E-state index is 0.559. The van der Waals surface area contributed by atoms with Crippen molar-refractivity contribution in [2.24, 2.45) is 0 Å². The number of hydrogen-bond donors (Lipinski definition) is 0. The van der Waals surface area contributed by atoms with Crippen molar-refractivity contribution in [2.45, 2.75) is 12.3 Å². The van der Waals surface area contributed by atoms with Gasteiger partial charge in [-0.25, -0.2) is 9.97 Å². The van der Waals surface area contributed by atoms with E-state index in [9.17, 15) is 0 Å². The molecule has 0 bridgehead atoms. The summed E-state index contributed by atoms with van der Waals surface area (Å²) in [4.78, 5) is 14.8. The number of fused-ring (bicyclic) bond motifs is 12. The summed E-state index contributed by atoms with van der Waals surface area (Å²) < 4.78 is 0. The van der Waals surface area contributed by atoms with Crippen molar-refractivity contribution in [2.75, 3.05) is 0 Å². The van der Waals surface area contributed by atoms with E-state index < -0.39 is 5.41 Å². The highest BCUT2D eigenvalue weighted by atomic mass is 14.9. The Bertz CT molecular complexity index is 2560. The molecule has 10 rings (SSSR count). The first-order valence-electron chi connectivity index (χ1n) is 17.1. The summed E-state index contributed by atoms with van der Waals surface area (Å²) in [5.41, 5.74) is 18.1. The van der Waals surface area contributed by atoms with Crippen LogP contribution in [-0.4, -0.2) is 15.0 Å². The predicted molar refractivity (Wildman–Crippen MR) is 203 cm³/mol. The summed E-state index contributed by atoms with van der Waals surface area (Å²) in [6.45, 7) is 2.11. The number of hydrogen-bond acceptors (Lipinski definition) is 3. The first-order valence-corrected chi connectivity index (χ1v) is 17.1. The highest BCUT2D eigenvalue weighted by molar-refractivity contribution is 5.97. The van der Waals surface area contributed by atoms with E-state index in [1.807, 2.05) is 24.5 Å². The van der Waals surface area contributed by atoms with Crippen molar-refractivity contribution < 1.29 is 0 Å². The Labute approximate surface area is 291 Å². The summed E-state index contributed by atoms with van der Waals surface area (Å²) in [5, 5.41) is 0. The molecule has 0 saturated carbocycles. The molecular weight excluding hydrogens is 607 g/mol. The molecule has 0 unspecified atom stereocenters. The van der Waals surface area contributed by atoms with Crippen molar-refractivity contribution in [3.63, 3.8) is 0 Å². The van der Waals surface area contributed by atoms with Crippen LogP contribution in [0.4, 0.5) is 0 Å². The zero-order valence-electron chi connectivity index (χ0n) is 27.5. The molecule has 2 aliphatic rings. The Balaban J connectivity index is 1.31. The number of aryl methyl sites for hydroxylation is 1. The van der Waals surface area contributed by atoms with Gasteiger partial charge in [-0.05, 0) is 86.8 Å². The van der Waals surface area contributed by atoms with Crippen LogP contribution in [0.2, 0.25) is 0 Å². The van der Waals surface area contributed by atoms with Gasteiger partial charge in [0.25, 0.3) is 0 Å². The molecule has 50 heavy (non-hydrogen) atoms. The molecule has 3 heteroatoms. The third-order valence-electron chi connectivity index (χ3n) is 10.5. The predicted octanol–water partition coefficient (Wildman–Crippen LogP) is 11.2. The van der Waals surface area contributed by atoms with Gasteiger partial charge in [0.1, 0.15) is 0 Å². The van der Waals surface area contributed by atoms with E-state index >= 15 is 0 Å². The Kier molecular flexibility index (Phi) is 6.31. The zero-order valence-corrected chi connectivity index (χ0v) is 27.5. The summed E-state index contributed by atoms with van der Waals surface area (Å²) in [7, 11) is 0. The van der Waals surface area contributed by atoms with E-state index in [0.717, 1.165) is 28.1 Å². The van der Waals surface area contributed by atoms with E-state index in [2.05, 4.69) is 158 Å². The van der Waals surface area contributed by atoms with Crippen molar-refractivity contribution in [1.29, 1.82) is 0 Å². The molecule has 0 amide bonds. The molecule has 1 spiro atoms. The summed E-state index contributed by atoms with van der Waals surface area (Å²) in [5.74, 6) is 0.693. The molecule has 2 aromatic heterocycles. The van der Waals surface area contributed by atoms with Crippen LogP contribution in [0.3, 0.4) is 0 Å². The van der Waals surface area contributed by atoms with Crippen molar-refractivity contribution in [3.8, 4) is 67.3 Å². The van der Waals surface area contributed by atoms with Gasteiger partial charge in [-0.3, -0.25) is 4.98 Å². The first kappa shape index (κ1) is 28.6. The second-order valence-corrected chi connectivity index (χ2v) is 13.3. The lowest BCUT2D eigenvalue weighted by Gasteiger charge is -2.35. The lowest BCUT2D eigenvalue weighted by molar-refractivity contribution is 0.775. The van der Waals surface area contributed by atoms with E-state index in [1.165, 1.54) is 61.2 Å². The Morgan fingerprint density at radius 1 is 0.380 bits per heavy atom. The standard InChI is InChI=1S/C47H31N3/c1-30-18-20-31(21-19-30)44-29-45(32-24-26-48-27-25-32)50-46(49-44)33-22-23-39-35-11-3-2-10-34(35)36-12-4-7-15-40(36)47(43(39)28-33)41-16-8-5-13-37(41)38-14-6-9-17-42(38)47/h2-29H,1H3. The molecule has 0 fully saturated rings. The van der Waals surface area contributed by atoms with Gasteiger partial charge in [0.2, 0.25) is 0 Å². The van der Waals surface area contributed by atoms with E-state index in [4.69, 9.17) is 9.97 Å². The van der Waals surface area contributed by atoms with Gasteiger partial charge in [0, 0.05) is 29.1 Å². The zero-order chi connectivity index (χ0) is 33.2. The highest BCUT2D eigenvalue weighted by Gasteiger charge is 2.49. The minimum atomic E-state index is -0.559. The maximum absolute atomic E-state index is 5.27. The first-order chi connectivity index (χ1) is 24.7. The quantitative estimate of drug-likeness (QED) is 0.193. The second-order valence-electron chi connectivity index (χ2n) is 13.3. The summed E-state index contributed by atoms with van der Waals surface area (Å²) in [6.07, 6.45) is 3.64. The molecule has 0 aliphatic heterocycles. The number of nitrogens with zero attached hydrogens (tertiary/aromatic N) is 3. The molecule has 0 atom stereocenters. The lowest BCUT2D eigenvalue weighted by atomic mass is 9.65. The van der Waals surface area contributed by atoms with Gasteiger partial charge in [-0.2, -0.15) is 0 Å². The van der Waals surface area contributed by atoms with Gasteiger partial charge in [-0.1, -0.05) is 139 Å². The molecule has 3 nitrogen and oxygen atoms in total. The highest BCUT2D eigenvalue weighted by Crippen LogP contribution is 2.61. The summed E-state index contributed by atoms with van der Waals surface area (Å²) >= 11 is 0. The molecule has 8 aromatic rings. The van der Waals surface area contributed by atoms with E-state index in [0.29, 0.717) is 5.82 Å². The molecule has 0 saturated heterocycles. The number of pyridine rings is 1. The Morgan fingerprint density at radius 2 is 0.820 bits per heavy atom. The van der Waals surface area contributed by atoms with Crippen LogP contribution in [0.25, 0.3) is 67.3 Å². The Hall–Kier alpha value is -6.45. The van der Waals surface area contributed by atoms with Gasteiger partial charge in [0.05, 0.1) is 16.8 Å². The van der Waals surface area contributed by atoms with Crippen molar-refractivity contribution in [3.05, 3.63) is 198 Å². The molecule has 2 heterocycles. The number of benzene rings is 6. The van der Waals surface area contributed by atoms with Gasteiger partial charge >= 0.3 is 0 Å². The van der Waals surface area contributed by atoms with Crippen LogP contribution in [-0.2, 0) is 5.41 Å². The molecule has 6 aromatic carbocycles. The monoisotopic (exact) mass is 637 g/mol. The average molecular weight is 638 g/mol. The van der Waals surface area contributed by atoms with Crippen LogP contribution in [0.5, 0.6) is 0 Å². The normalized spacial score (nSPS) is 13.1. The van der Waals surface area contributed by atoms with Crippen LogP contribution in [0.15, 0.2) is 170 Å². The molecule has 0 N–H and O–H groups in total. The lowest BCUT2D eigenvalue weighted by Crippen LogP contribution is -2.29. The fourth-order valence-corrected chi connectivity index (χ4v) is 8.31. The maximum atomic E-state index is 5.27. The average Bonchev–Trinajstić information content (AvgIpc) is 3.43. The van der Waals surface area contributed by atoms with Crippen molar-refractivity contribution >= 4 is 0 Å². The van der Waals surface area contributed by atoms with Crippen LogP contribution in [0, 0.1) is 6.92 Å². The maximum Gasteiger partial charge on any atom is 0.160 e. The van der Waals surface area contributed by atoms with E-state index in [-0.39, 0.29) is 0 Å². The molecule has 234 valence electrons. The van der Waals surface area contributed by atoms with Crippen LogP contribution >= 0.6 is 0 Å².